The Morgan fingerprint density at radius 2 is 1.88 bits per heavy atom. The maximum absolute atomic E-state index is 4.82. The van der Waals surface area contributed by atoms with Gasteiger partial charge in [0, 0.05) is 13.6 Å². The first-order valence-electron chi connectivity index (χ1n) is 8.74. The highest BCUT2D eigenvalue weighted by Crippen LogP contribution is 2.23. The van der Waals surface area contributed by atoms with Gasteiger partial charge >= 0.3 is 0 Å². The Morgan fingerprint density at radius 3 is 2.64 bits per heavy atom. The van der Waals surface area contributed by atoms with Crippen LogP contribution in [0.25, 0.3) is 11.0 Å². The number of rotatable bonds is 4. The molecule has 0 radical (unpaired) electrons. The number of anilines is 2. The van der Waals surface area contributed by atoms with E-state index < -0.39 is 0 Å². The van der Waals surface area contributed by atoms with E-state index in [2.05, 4.69) is 46.6 Å². The molecular formula is C18H24N7+. The molecular weight excluding hydrogens is 314 g/mol. The predicted molar refractivity (Wildman–Crippen MR) is 98.9 cm³/mol. The number of aromatic nitrogens is 4. The zero-order valence-corrected chi connectivity index (χ0v) is 14.7. The third-order valence-electron chi connectivity index (χ3n) is 4.78. The van der Waals surface area contributed by atoms with Crippen molar-refractivity contribution in [3.8, 4) is 0 Å². The number of benzene rings is 1. The van der Waals surface area contributed by atoms with Crippen molar-refractivity contribution in [2.24, 2.45) is 7.05 Å². The first kappa shape index (κ1) is 15.8. The number of nitrogens with zero attached hydrogens (tertiary/aromatic N) is 5. The summed E-state index contributed by atoms with van der Waals surface area (Å²) in [5, 5.41) is 8.79. The molecule has 25 heavy (non-hydrogen) atoms. The maximum Gasteiger partial charge on any atom is 0.229 e. The summed E-state index contributed by atoms with van der Waals surface area (Å²) < 4.78 is 1.82. The van der Waals surface area contributed by atoms with E-state index in [4.69, 9.17) is 9.97 Å². The van der Waals surface area contributed by atoms with Gasteiger partial charge in [-0.05, 0) is 5.56 Å². The summed E-state index contributed by atoms with van der Waals surface area (Å²) in [6.45, 7) is 4.91. The van der Waals surface area contributed by atoms with Crippen LogP contribution in [0.15, 0.2) is 36.5 Å². The second-order valence-electron chi connectivity index (χ2n) is 6.66. The molecule has 1 fully saturated rings. The van der Waals surface area contributed by atoms with E-state index in [1.54, 1.807) is 4.90 Å². The summed E-state index contributed by atoms with van der Waals surface area (Å²) in [6, 6.07) is 10.3. The number of likely N-dealkylation sites (N-methyl/N-ethyl adjacent to an activating group) is 1. The van der Waals surface area contributed by atoms with Gasteiger partial charge in [-0.2, -0.15) is 15.1 Å². The molecule has 1 aliphatic rings. The molecule has 1 aliphatic heterocycles. The van der Waals surface area contributed by atoms with E-state index in [0.29, 0.717) is 0 Å². The van der Waals surface area contributed by atoms with Gasteiger partial charge in [0.1, 0.15) is 5.82 Å². The van der Waals surface area contributed by atoms with Gasteiger partial charge in [0.25, 0.3) is 0 Å². The van der Waals surface area contributed by atoms with Gasteiger partial charge in [0.2, 0.25) is 5.95 Å². The molecule has 2 N–H and O–H groups in total. The van der Waals surface area contributed by atoms with E-state index in [1.165, 1.54) is 5.56 Å². The first-order valence-corrected chi connectivity index (χ1v) is 8.74. The number of hydrogen-bond acceptors (Lipinski definition) is 5. The largest absolute Gasteiger partial charge is 0.365 e. The van der Waals surface area contributed by atoms with Gasteiger partial charge in [-0.25, -0.2) is 0 Å². The van der Waals surface area contributed by atoms with Gasteiger partial charge in [0.05, 0.1) is 44.8 Å². The predicted octanol–water partition coefficient (Wildman–Crippen LogP) is 0.310. The van der Waals surface area contributed by atoms with Crippen LogP contribution in [0.5, 0.6) is 0 Å². The third kappa shape index (κ3) is 3.28. The van der Waals surface area contributed by atoms with Crippen molar-refractivity contribution >= 4 is 22.8 Å². The lowest BCUT2D eigenvalue weighted by Gasteiger charge is -2.30. The minimum absolute atomic E-state index is 0.730. The van der Waals surface area contributed by atoms with Crippen molar-refractivity contribution in [3.05, 3.63) is 42.1 Å². The van der Waals surface area contributed by atoms with Crippen LogP contribution in [-0.2, 0) is 13.6 Å². The summed E-state index contributed by atoms with van der Waals surface area (Å²) in [4.78, 5) is 13.4. The number of quaternary nitrogens is 1. The third-order valence-corrected chi connectivity index (χ3v) is 4.78. The van der Waals surface area contributed by atoms with Crippen molar-refractivity contribution in [1.82, 2.24) is 19.7 Å². The molecule has 0 atom stereocenters. The minimum atomic E-state index is 0.730. The van der Waals surface area contributed by atoms with Crippen LogP contribution in [-0.4, -0.2) is 53.0 Å². The summed E-state index contributed by atoms with van der Waals surface area (Å²) in [5.41, 5.74) is 2.09. The molecule has 7 heteroatoms. The van der Waals surface area contributed by atoms with Crippen molar-refractivity contribution in [2.75, 3.05) is 43.4 Å². The topological polar surface area (TPSA) is 63.3 Å². The average molecular weight is 338 g/mol. The second kappa shape index (κ2) is 6.68. The van der Waals surface area contributed by atoms with Crippen molar-refractivity contribution in [3.63, 3.8) is 0 Å². The summed E-state index contributed by atoms with van der Waals surface area (Å²) in [7, 11) is 4.16. The molecule has 7 nitrogen and oxygen atoms in total. The lowest BCUT2D eigenvalue weighted by atomic mass is 10.2. The number of aryl methyl sites for hydroxylation is 1. The van der Waals surface area contributed by atoms with E-state index in [-0.39, 0.29) is 0 Å². The fourth-order valence-corrected chi connectivity index (χ4v) is 3.16. The maximum atomic E-state index is 4.82. The zero-order valence-electron chi connectivity index (χ0n) is 14.7. The molecule has 0 amide bonds. The molecule has 0 unspecified atom stereocenters. The smallest absolute Gasteiger partial charge is 0.229 e. The second-order valence-corrected chi connectivity index (χ2v) is 6.66. The standard InChI is InChI=1S/C18H23N7/c1-23-8-10-25(11-9-23)18-21-16(15-13-20-24(2)17(15)22-18)19-12-14-6-4-3-5-7-14/h3-7,13H,8-12H2,1-2H3,(H,19,21,22)/p+1. The van der Waals surface area contributed by atoms with Crippen LogP contribution >= 0.6 is 0 Å². The highest BCUT2D eigenvalue weighted by molar-refractivity contribution is 5.87. The Balaban J connectivity index is 1.64. The lowest BCUT2D eigenvalue weighted by molar-refractivity contribution is -0.880. The fraction of sp³-hybridized carbons (Fsp3) is 0.389. The Labute approximate surface area is 147 Å². The molecule has 3 heterocycles. The normalized spacial score (nSPS) is 15.7. The van der Waals surface area contributed by atoms with Crippen LogP contribution in [0.3, 0.4) is 0 Å². The number of piperazine rings is 1. The Kier molecular flexibility index (Phi) is 4.23. The van der Waals surface area contributed by atoms with Gasteiger partial charge in [-0.15, -0.1) is 0 Å². The molecule has 0 saturated carbocycles. The quantitative estimate of drug-likeness (QED) is 0.717. The molecule has 0 aliphatic carbocycles. The van der Waals surface area contributed by atoms with E-state index >= 15 is 0 Å². The Hall–Kier alpha value is -2.67. The molecule has 2 aromatic heterocycles. The first-order chi connectivity index (χ1) is 12.2. The summed E-state index contributed by atoms with van der Waals surface area (Å²) >= 11 is 0. The van der Waals surface area contributed by atoms with Gasteiger partial charge in [-0.1, -0.05) is 30.3 Å². The van der Waals surface area contributed by atoms with Crippen LogP contribution in [0.2, 0.25) is 0 Å². The van der Waals surface area contributed by atoms with Gasteiger partial charge in [-0.3, -0.25) is 4.68 Å². The molecule has 0 spiro atoms. The average Bonchev–Trinajstić information content (AvgIpc) is 3.02. The highest BCUT2D eigenvalue weighted by Gasteiger charge is 2.21. The van der Waals surface area contributed by atoms with E-state index in [1.807, 2.05) is 24.0 Å². The van der Waals surface area contributed by atoms with Crippen LogP contribution in [0.1, 0.15) is 5.56 Å². The number of fused-ring (bicyclic) bond motifs is 1. The molecule has 1 aromatic carbocycles. The van der Waals surface area contributed by atoms with Gasteiger partial charge in [0.15, 0.2) is 5.65 Å². The summed E-state index contributed by atoms with van der Waals surface area (Å²) in [6.07, 6.45) is 1.83. The molecule has 1 saturated heterocycles. The summed E-state index contributed by atoms with van der Waals surface area (Å²) in [5.74, 6) is 1.64. The van der Waals surface area contributed by atoms with E-state index in [9.17, 15) is 0 Å². The molecule has 0 bridgehead atoms. The van der Waals surface area contributed by atoms with Gasteiger partial charge < -0.3 is 15.1 Å². The SMILES string of the molecule is Cn1ncc2c(NCc3ccccc3)nc(N3CC[NH+](C)CC3)nc21. The Bertz CT molecular complexity index is 850. The fourth-order valence-electron chi connectivity index (χ4n) is 3.16. The zero-order chi connectivity index (χ0) is 17.2. The Morgan fingerprint density at radius 1 is 1.12 bits per heavy atom. The van der Waals surface area contributed by atoms with Crippen molar-refractivity contribution < 1.29 is 4.90 Å². The number of nitrogens with one attached hydrogen (secondary N) is 2. The molecule has 130 valence electrons. The van der Waals surface area contributed by atoms with Crippen molar-refractivity contribution in [2.45, 2.75) is 6.54 Å². The number of hydrogen-bond donors (Lipinski definition) is 2. The molecule has 3 aromatic rings. The van der Waals surface area contributed by atoms with E-state index in [0.717, 1.165) is 55.5 Å². The minimum Gasteiger partial charge on any atom is -0.365 e. The van der Waals surface area contributed by atoms with Crippen LogP contribution in [0, 0.1) is 0 Å². The highest BCUT2D eigenvalue weighted by atomic mass is 15.4. The lowest BCUT2D eigenvalue weighted by Crippen LogP contribution is -3.12. The molecule has 4 rings (SSSR count). The van der Waals surface area contributed by atoms with Crippen LogP contribution < -0.4 is 15.1 Å². The van der Waals surface area contributed by atoms with Crippen molar-refractivity contribution in [1.29, 1.82) is 0 Å². The van der Waals surface area contributed by atoms with Crippen LogP contribution in [0.4, 0.5) is 11.8 Å². The monoisotopic (exact) mass is 338 g/mol.